The molecule has 2 atom stereocenters. The predicted molar refractivity (Wildman–Crippen MR) is 268 cm³/mol. The molecule has 0 aromatic heterocycles. The molecule has 1 N–H and O–H groups in total. The summed E-state index contributed by atoms with van der Waals surface area (Å²) in [7, 11) is -8.65. The number of hydrogen-bond donors (Lipinski definition) is 1. The Morgan fingerprint density at radius 2 is 1.07 bits per heavy atom. The number of hydrogen-bond acceptors (Lipinski definition) is 13. The molecule has 2 saturated heterocycles. The van der Waals surface area contributed by atoms with Crippen LogP contribution in [0.1, 0.15) is 66.9 Å². The van der Waals surface area contributed by atoms with Gasteiger partial charge in [-0.3, -0.25) is 14.5 Å². The minimum Gasteiger partial charge on any atom is -0.438 e. The number of halogens is 16. The Bertz CT molecular complexity index is 3460. The van der Waals surface area contributed by atoms with Crippen LogP contribution in [0.4, 0.5) is 57.5 Å². The number of benzene rings is 4. The SMILES string of the molecule is COC(=O)OCN(C(=O)c1ccc(C2=NO[C@@](c3cc(Cl)c(F)c(Cl)c3)(C(F)(F)F)C2)cc1C)C1CN(S(=O)(=O)C(F)F)C1.Cc1cc(C2=NO[C@@](c3cc(Cl)c(F)c(Cl)c3)(C(F)(F)F)C2)ccc1C(=O)NC1CN(S(=O)(=O)C(F)F)C1. The number of carbonyl (C=O) groups excluding carboxylic acids is 3. The Kier molecular flexibility index (Phi) is 18.4. The number of sulfonamides is 2. The molecular weight excluding hydrogens is 1260 g/mol. The molecule has 0 bridgehead atoms. The van der Waals surface area contributed by atoms with Crippen molar-refractivity contribution in [1.29, 1.82) is 0 Å². The van der Waals surface area contributed by atoms with Crippen molar-refractivity contribution in [2.45, 2.75) is 73.8 Å². The molecule has 4 aromatic rings. The van der Waals surface area contributed by atoms with E-state index in [1.807, 2.05) is 0 Å². The van der Waals surface area contributed by atoms with E-state index in [-0.39, 0.29) is 52.3 Å². The van der Waals surface area contributed by atoms with Gasteiger partial charge in [-0.05, 0) is 84.6 Å². The summed E-state index contributed by atoms with van der Waals surface area (Å²) in [6.45, 7) is 0.575. The van der Waals surface area contributed by atoms with Gasteiger partial charge >= 0.3 is 30.0 Å². The van der Waals surface area contributed by atoms with Crippen LogP contribution in [-0.4, -0.2) is 136 Å². The van der Waals surface area contributed by atoms with E-state index in [1.165, 1.54) is 50.2 Å². The molecule has 17 nitrogen and oxygen atoms in total. The molecule has 4 heterocycles. The first-order valence-corrected chi connectivity index (χ1v) is 27.5. The van der Waals surface area contributed by atoms with Crippen LogP contribution in [0.5, 0.6) is 0 Å². The van der Waals surface area contributed by atoms with E-state index in [4.69, 9.17) is 60.8 Å². The van der Waals surface area contributed by atoms with Gasteiger partial charge in [-0.15, -0.1) is 0 Å². The zero-order valence-corrected chi connectivity index (χ0v) is 46.3. The van der Waals surface area contributed by atoms with Crippen LogP contribution in [0.3, 0.4) is 0 Å². The number of carbonyl (C=O) groups is 3. The van der Waals surface area contributed by atoms with Gasteiger partial charge in [-0.2, -0.15) is 52.5 Å². The van der Waals surface area contributed by atoms with Gasteiger partial charge in [-0.1, -0.05) is 68.8 Å². The maximum atomic E-state index is 14.4. The highest BCUT2D eigenvalue weighted by Crippen LogP contribution is 2.52. The number of ether oxygens (including phenoxy) is 2. The summed E-state index contributed by atoms with van der Waals surface area (Å²) in [5, 5.41) is 7.18. The molecule has 4 aliphatic heterocycles. The molecule has 2 fully saturated rings. The molecule has 446 valence electrons. The molecular formula is C47H38Cl4F12N6O11S2. The predicted octanol–water partition coefficient (Wildman–Crippen LogP) is 10.4. The monoisotopic (exact) mass is 1290 g/mol. The van der Waals surface area contributed by atoms with Gasteiger partial charge < -0.3 is 24.5 Å². The van der Waals surface area contributed by atoms with Gasteiger partial charge in [-0.25, -0.2) is 30.4 Å². The van der Waals surface area contributed by atoms with Crippen molar-refractivity contribution in [3.63, 3.8) is 0 Å². The highest BCUT2D eigenvalue weighted by molar-refractivity contribution is 7.89. The first-order valence-electron chi connectivity index (χ1n) is 23.0. The van der Waals surface area contributed by atoms with E-state index >= 15 is 0 Å². The normalized spacial score (nSPS) is 20.0. The fraction of sp³-hybridized carbons (Fsp3) is 0.383. The molecule has 0 radical (unpaired) electrons. The third-order valence-corrected chi connectivity index (χ3v) is 17.3. The van der Waals surface area contributed by atoms with Crippen LogP contribution in [-0.2, 0) is 50.4 Å². The summed E-state index contributed by atoms with van der Waals surface area (Å²) in [5.41, 5.74) is -6.47. The van der Waals surface area contributed by atoms with Gasteiger partial charge in [0.25, 0.3) is 43.1 Å². The zero-order valence-electron chi connectivity index (χ0n) is 41.6. The largest absolute Gasteiger partial charge is 0.509 e. The zero-order chi connectivity index (χ0) is 61.0. The van der Waals surface area contributed by atoms with Gasteiger partial charge in [0.15, 0.2) is 18.4 Å². The molecule has 0 aliphatic carbocycles. The minimum absolute atomic E-state index is 0.0314. The van der Waals surface area contributed by atoms with E-state index in [1.54, 1.807) is 0 Å². The van der Waals surface area contributed by atoms with Gasteiger partial charge in [0.05, 0.1) is 50.7 Å². The van der Waals surface area contributed by atoms with Gasteiger partial charge in [0.2, 0.25) is 0 Å². The van der Waals surface area contributed by atoms with E-state index in [0.717, 1.165) is 36.3 Å². The van der Waals surface area contributed by atoms with Crippen molar-refractivity contribution in [3.8, 4) is 0 Å². The van der Waals surface area contributed by atoms with E-state index in [9.17, 15) is 83.9 Å². The first kappa shape index (κ1) is 63.7. The number of rotatable bonds is 14. The number of alkyl halides is 10. The highest BCUT2D eigenvalue weighted by atomic mass is 35.5. The van der Waals surface area contributed by atoms with Crippen LogP contribution < -0.4 is 5.32 Å². The lowest BCUT2D eigenvalue weighted by Crippen LogP contribution is -2.63. The van der Waals surface area contributed by atoms with E-state index in [0.29, 0.717) is 14.2 Å². The Morgan fingerprint density at radius 1 is 0.683 bits per heavy atom. The Labute approximate surface area is 476 Å². The number of nitrogens with zero attached hydrogens (tertiary/aromatic N) is 5. The molecule has 4 aromatic carbocycles. The average molecular weight is 1300 g/mol. The molecule has 0 unspecified atom stereocenters. The third kappa shape index (κ3) is 12.4. The molecule has 2 amide bonds. The quantitative estimate of drug-likeness (QED) is 0.0545. The van der Waals surface area contributed by atoms with Crippen molar-refractivity contribution in [2.24, 2.45) is 10.3 Å². The maximum Gasteiger partial charge on any atom is 0.509 e. The molecule has 35 heteroatoms. The lowest BCUT2D eigenvalue weighted by Gasteiger charge is -2.43. The van der Waals surface area contributed by atoms with Crippen LogP contribution in [0.25, 0.3) is 0 Å². The molecule has 8 rings (SSSR count). The smallest absolute Gasteiger partial charge is 0.438 e. The van der Waals surface area contributed by atoms with Gasteiger partial charge in [0.1, 0.15) is 0 Å². The number of methoxy groups -OCH3 is 1. The second kappa shape index (κ2) is 23.7. The minimum atomic E-state index is -5.05. The maximum absolute atomic E-state index is 14.4. The molecule has 82 heavy (non-hydrogen) atoms. The summed E-state index contributed by atoms with van der Waals surface area (Å²) in [4.78, 5) is 48.3. The number of aryl methyl sites for hydroxylation is 2. The summed E-state index contributed by atoms with van der Waals surface area (Å²) >= 11 is 22.9. The van der Waals surface area contributed by atoms with Crippen molar-refractivity contribution in [3.05, 3.63) is 137 Å². The lowest BCUT2D eigenvalue weighted by atomic mass is 9.86. The van der Waals surface area contributed by atoms with Crippen molar-refractivity contribution >= 4 is 95.8 Å². The van der Waals surface area contributed by atoms with Crippen molar-refractivity contribution in [2.75, 3.05) is 40.0 Å². The summed E-state index contributed by atoms with van der Waals surface area (Å²) < 4.78 is 221. The van der Waals surface area contributed by atoms with Crippen LogP contribution in [0.2, 0.25) is 20.1 Å². The second-order valence-corrected chi connectivity index (χ2v) is 23.8. The first-order chi connectivity index (χ1) is 38.0. The fourth-order valence-corrected chi connectivity index (χ4v) is 11.5. The molecule has 4 aliphatic rings. The number of oxime groups is 2. The van der Waals surface area contributed by atoms with Crippen LogP contribution in [0.15, 0.2) is 71.0 Å². The molecule has 0 spiro atoms. The van der Waals surface area contributed by atoms with Crippen molar-refractivity contribution < 1.29 is 103 Å². The molecule has 0 saturated carbocycles. The number of amides is 2. The van der Waals surface area contributed by atoms with Crippen LogP contribution in [0, 0.1) is 25.5 Å². The van der Waals surface area contributed by atoms with Crippen LogP contribution >= 0.6 is 46.4 Å². The lowest BCUT2D eigenvalue weighted by molar-refractivity contribution is -0.276. The van der Waals surface area contributed by atoms with E-state index in [2.05, 4.69) is 20.4 Å². The summed E-state index contributed by atoms with van der Waals surface area (Å²) in [5.74, 6) is -10.9. The second-order valence-electron chi connectivity index (χ2n) is 18.4. The number of nitrogens with one attached hydrogen (secondary N) is 1. The average Bonchev–Trinajstić information content (AvgIpc) is 2.78. The topological polar surface area (TPSA) is 203 Å². The van der Waals surface area contributed by atoms with Gasteiger partial charge in [0, 0.05) is 61.3 Å². The third-order valence-electron chi connectivity index (χ3n) is 13.2. The van der Waals surface area contributed by atoms with Crippen molar-refractivity contribution in [1.82, 2.24) is 18.8 Å². The Balaban J connectivity index is 0.000000239. The Hall–Kier alpha value is -5.83. The Morgan fingerprint density at radius 3 is 1.44 bits per heavy atom. The highest BCUT2D eigenvalue weighted by Gasteiger charge is 2.64. The van der Waals surface area contributed by atoms with E-state index < -0.39 is 161 Å². The summed E-state index contributed by atoms with van der Waals surface area (Å²) in [6, 6.07) is 9.27. The fourth-order valence-electron chi connectivity index (χ4n) is 8.59. The standard InChI is InChI=1S/C25H21Cl2F6N3O7S.C22H17Cl2F6N3O4S/c1-12-5-13(19-8-24(43-34-19,25(31,32)33)14-6-17(26)20(28)18(27)7-14)3-4-16(12)21(37)36(11-42-23(38)41-2)15-9-35(10-15)44(39,40)22(29)30;1-10-4-11(2-3-14(10)19(34)31-13-8-33(9-13)38(35,36)20(26)27)17-7-21(37-32-17,22(28,29)30)12-5-15(23)18(25)16(24)6-12/h3-7,15,22H,8-11H2,1-2H3;2-6,13,20H,7-9H2,1H3,(H,31,34)/t24-;21-/m00/s1. The summed E-state index contributed by atoms with van der Waals surface area (Å²) in [6.07, 6.45) is -12.9.